The molecule has 0 bridgehead atoms. The maximum absolute atomic E-state index is 12.3. The predicted octanol–water partition coefficient (Wildman–Crippen LogP) is -2.84. The molecule has 1 aliphatic heterocycles. The van der Waals surface area contributed by atoms with Crippen LogP contribution < -0.4 is 25.4 Å². The Morgan fingerprint density at radius 1 is 1.60 bits per heavy atom. The van der Waals surface area contributed by atoms with Gasteiger partial charge in [-0.2, -0.15) is 8.42 Å². The molecule has 2 heterocycles. The van der Waals surface area contributed by atoms with Crippen molar-refractivity contribution in [2.75, 3.05) is 32.0 Å². The summed E-state index contributed by atoms with van der Waals surface area (Å²) in [6, 6.07) is 1.22. The van der Waals surface area contributed by atoms with Crippen molar-refractivity contribution < 1.29 is 36.3 Å². The van der Waals surface area contributed by atoms with Gasteiger partial charge in [-0.1, -0.05) is 4.98 Å². The summed E-state index contributed by atoms with van der Waals surface area (Å²) in [6.45, 7) is 3.16. The second kappa shape index (κ2) is 7.69. The van der Waals surface area contributed by atoms with Crippen molar-refractivity contribution >= 4 is 27.9 Å². The first-order valence-electron chi connectivity index (χ1n) is 7.27. The highest BCUT2D eigenvalue weighted by Crippen LogP contribution is 2.17. The third-order valence-electron chi connectivity index (χ3n) is 3.13. The SMILES string of the molecule is CCNC(=O)C(=O)c1nc(C2CNCCO2)cc(N)[n+]1OS(=O)(=O)O. The number of ketones is 1. The number of hydrogen-bond acceptors (Lipinski definition) is 9. The smallest absolute Gasteiger partial charge is 0.368 e. The second-order valence-electron chi connectivity index (χ2n) is 4.98. The van der Waals surface area contributed by atoms with E-state index in [-0.39, 0.29) is 22.8 Å². The lowest BCUT2D eigenvalue weighted by atomic mass is 10.2. The molecule has 2 rings (SSSR count). The minimum atomic E-state index is -5.02. The number of carbonyl (C=O) groups is 2. The Balaban J connectivity index is 2.51. The first-order chi connectivity index (χ1) is 11.7. The van der Waals surface area contributed by atoms with Crippen LogP contribution in [0.5, 0.6) is 0 Å². The molecule has 0 saturated carbocycles. The highest BCUT2D eigenvalue weighted by atomic mass is 32.3. The van der Waals surface area contributed by atoms with Crippen LogP contribution in [-0.2, 0) is 19.9 Å². The number of nitrogens with two attached hydrogens (primary N) is 1. The van der Waals surface area contributed by atoms with Gasteiger partial charge in [-0.15, -0.1) is 0 Å². The zero-order valence-electron chi connectivity index (χ0n) is 13.3. The molecule has 1 aliphatic rings. The Labute approximate surface area is 143 Å². The lowest BCUT2D eigenvalue weighted by Gasteiger charge is -2.21. The van der Waals surface area contributed by atoms with Crippen LogP contribution in [0.3, 0.4) is 0 Å². The summed E-state index contributed by atoms with van der Waals surface area (Å²) in [7, 11) is -5.02. The number of rotatable bonds is 6. The van der Waals surface area contributed by atoms with Crippen molar-refractivity contribution in [3.63, 3.8) is 0 Å². The van der Waals surface area contributed by atoms with E-state index in [0.717, 1.165) is 0 Å². The summed E-state index contributed by atoms with van der Waals surface area (Å²) in [5.41, 5.74) is 5.91. The number of anilines is 1. The van der Waals surface area contributed by atoms with Crippen LogP contribution in [0.4, 0.5) is 5.82 Å². The molecule has 0 aliphatic carbocycles. The second-order valence-corrected chi connectivity index (χ2v) is 5.98. The van der Waals surface area contributed by atoms with Gasteiger partial charge in [0.1, 0.15) is 6.10 Å². The molecule has 1 saturated heterocycles. The molecule has 0 spiro atoms. The third-order valence-corrected chi connectivity index (χ3v) is 3.47. The lowest BCUT2D eigenvalue weighted by molar-refractivity contribution is -0.848. The van der Waals surface area contributed by atoms with Gasteiger partial charge < -0.3 is 21.1 Å². The minimum Gasteiger partial charge on any atom is -0.368 e. The number of ether oxygens (including phenoxy) is 1. The van der Waals surface area contributed by atoms with Crippen LogP contribution in [0.1, 0.15) is 29.3 Å². The number of hydrogen-bond donors (Lipinski definition) is 4. The highest BCUT2D eigenvalue weighted by Gasteiger charge is 2.34. The maximum atomic E-state index is 12.3. The van der Waals surface area contributed by atoms with Crippen molar-refractivity contribution in [2.24, 2.45) is 0 Å². The van der Waals surface area contributed by atoms with E-state index in [9.17, 15) is 18.0 Å². The molecule has 138 valence electrons. The van der Waals surface area contributed by atoms with Crippen molar-refractivity contribution in [1.82, 2.24) is 15.6 Å². The van der Waals surface area contributed by atoms with Crippen LogP contribution in [0.15, 0.2) is 6.07 Å². The van der Waals surface area contributed by atoms with Gasteiger partial charge in [0, 0.05) is 19.6 Å². The summed E-state index contributed by atoms with van der Waals surface area (Å²) >= 11 is 0. The molecular formula is C12H18N5O7S+. The Morgan fingerprint density at radius 2 is 2.32 bits per heavy atom. The van der Waals surface area contributed by atoms with Crippen LogP contribution in [0.2, 0.25) is 0 Å². The summed E-state index contributed by atoms with van der Waals surface area (Å²) in [4.78, 5) is 28.0. The van der Waals surface area contributed by atoms with Crippen molar-refractivity contribution in [3.8, 4) is 0 Å². The van der Waals surface area contributed by atoms with Crippen LogP contribution in [0.25, 0.3) is 0 Å². The fourth-order valence-electron chi connectivity index (χ4n) is 2.11. The number of amides is 1. The van der Waals surface area contributed by atoms with Gasteiger partial charge in [0.2, 0.25) is 0 Å². The normalized spacial score (nSPS) is 17.8. The van der Waals surface area contributed by atoms with E-state index < -0.39 is 34.0 Å². The van der Waals surface area contributed by atoms with Crippen molar-refractivity contribution in [1.29, 1.82) is 0 Å². The molecule has 1 amide bonds. The molecule has 5 N–H and O–H groups in total. The molecule has 0 aromatic carbocycles. The summed E-state index contributed by atoms with van der Waals surface area (Å²) in [6.07, 6.45) is -0.558. The fraction of sp³-hybridized carbons (Fsp3) is 0.500. The van der Waals surface area contributed by atoms with E-state index in [2.05, 4.69) is 19.9 Å². The van der Waals surface area contributed by atoms with Gasteiger partial charge in [-0.3, -0.25) is 14.1 Å². The minimum absolute atomic E-state index is 0.161. The predicted molar refractivity (Wildman–Crippen MR) is 81.5 cm³/mol. The molecule has 1 aromatic rings. The number of likely N-dealkylation sites (N-methyl/N-ethyl adjacent to an activating group) is 1. The average Bonchev–Trinajstić information content (AvgIpc) is 2.55. The number of carbonyl (C=O) groups excluding carboxylic acids is 2. The van der Waals surface area contributed by atoms with E-state index in [1.165, 1.54) is 6.07 Å². The standard InChI is InChI=1S/C12H17N5O7S/c1-2-15-12(19)10(18)11-16-7(8-6-14-3-4-23-8)5-9(13)17(11)24-25(20,21)22/h5,8,13-14H,2-4,6H2,1H3,(H2,15,19,20,21,22)/p+1. The largest absolute Gasteiger partial charge is 0.476 e. The van der Waals surface area contributed by atoms with Crippen molar-refractivity contribution in [3.05, 3.63) is 17.6 Å². The molecule has 1 aromatic heterocycles. The Bertz CT molecular complexity index is 776. The van der Waals surface area contributed by atoms with E-state index in [0.29, 0.717) is 19.7 Å². The van der Waals surface area contributed by atoms with E-state index in [1.807, 2.05) is 0 Å². The number of Topliss-reactive ketones (excluding diaryl/α,β-unsaturated/α-hetero) is 1. The number of nitrogens with zero attached hydrogens (tertiary/aromatic N) is 2. The van der Waals surface area contributed by atoms with Crippen LogP contribution in [0, 0.1) is 0 Å². The molecule has 25 heavy (non-hydrogen) atoms. The van der Waals surface area contributed by atoms with E-state index >= 15 is 0 Å². The summed E-state index contributed by atoms with van der Waals surface area (Å²) < 4.78 is 40.9. The van der Waals surface area contributed by atoms with E-state index in [4.69, 9.17) is 15.0 Å². The zero-order valence-corrected chi connectivity index (χ0v) is 14.1. The quantitative estimate of drug-likeness (QED) is 0.175. The molecule has 1 unspecified atom stereocenters. The highest BCUT2D eigenvalue weighted by molar-refractivity contribution is 7.80. The zero-order chi connectivity index (χ0) is 18.6. The Kier molecular flexibility index (Phi) is 5.84. The summed E-state index contributed by atoms with van der Waals surface area (Å²) in [5, 5.41) is 5.31. The van der Waals surface area contributed by atoms with Crippen LogP contribution in [-0.4, -0.2) is 55.9 Å². The Hall–Kier alpha value is -2.35. The molecule has 1 atom stereocenters. The number of morpholine rings is 1. The van der Waals surface area contributed by atoms with Gasteiger partial charge in [-0.05, 0) is 11.7 Å². The van der Waals surface area contributed by atoms with Gasteiger partial charge in [0.05, 0.1) is 12.7 Å². The number of nitrogen functional groups attached to an aromatic ring is 1. The molecule has 13 heteroatoms. The maximum Gasteiger partial charge on any atom is 0.476 e. The third kappa shape index (κ3) is 4.82. The van der Waals surface area contributed by atoms with Crippen LogP contribution >= 0.6 is 0 Å². The number of nitrogens with one attached hydrogen (secondary N) is 2. The fourth-order valence-corrected chi connectivity index (χ4v) is 2.46. The number of aromatic nitrogens is 2. The van der Waals surface area contributed by atoms with Crippen molar-refractivity contribution in [2.45, 2.75) is 13.0 Å². The molecular weight excluding hydrogens is 358 g/mol. The molecule has 1 fully saturated rings. The topological polar surface area (TPSA) is 174 Å². The van der Waals surface area contributed by atoms with Gasteiger partial charge in [0.15, 0.2) is 5.69 Å². The monoisotopic (exact) mass is 376 g/mol. The van der Waals surface area contributed by atoms with Gasteiger partial charge in [0.25, 0.3) is 11.7 Å². The lowest BCUT2D eigenvalue weighted by Crippen LogP contribution is -2.55. The van der Waals surface area contributed by atoms with E-state index in [1.54, 1.807) is 6.92 Å². The Morgan fingerprint density at radius 3 is 2.88 bits per heavy atom. The average molecular weight is 376 g/mol. The van der Waals surface area contributed by atoms with Gasteiger partial charge >= 0.3 is 22.0 Å². The summed E-state index contributed by atoms with van der Waals surface area (Å²) in [5.74, 6) is -3.32. The first kappa shape index (κ1) is 19.0. The molecule has 0 radical (unpaired) electrons. The van der Waals surface area contributed by atoms with Gasteiger partial charge in [-0.25, -0.2) is 4.28 Å². The first-order valence-corrected chi connectivity index (χ1v) is 8.64. The molecule has 12 nitrogen and oxygen atoms in total.